The second kappa shape index (κ2) is 5.61. The van der Waals surface area contributed by atoms with Crippen LogP contribution in [0.25, 0.3) is 0 Å². The summed E-state index contributed by atoms with van der Waals surface area (Å²) in [5.74, 6) is 0.0124. The smallest absolute Gasteiger partial charge is 0.242 e. The number of rotatable bonds is 4. The number of anilines is 1. The van der Waals surface area contributed by atoms with Crippen LogP contribution in [-0.2, 0) is 11.2 Å². The SMILES string of the molecule is NC(Cc1ccccc1Cl)C(=O)Nc1cn[nH]n1. The molecule has 0 aliphatic rings. The van der Waals surface area contributed by atoms with Gasteiger partial charge in [0.1, 0.15) is 0 Å². The highest BCUT2D eigenvalue weighted by Crippen LogP contribution is 2.16. The molecule has 18 heavy (non-hydrogen) atoms. The Kier molecular flexibility index (Phi) is 3.91. The first-order valence-corrected chi connectivity index (χ1v) is 5.70. The first-order chi connectivity index (χ1) is 8.66. The molecular formula is C11H12ClN5O. The van der Waals surface area contributed by atoms with Gasteiger partial charge in [-0.15, -0.1) is 5.10 Å². The van der Waals surface area contributed by atoms with Crippen LogP contribution in [0.5, 0.6) is 0 Å². The van der Waals surface area contributed by atoms with E-state index in [2.05, 4.69) is 20.7 Å². The molecule has 0 saturated carbocycles. The lowest BCUT2D eigenvalue weighted by Gasteiger charge is -2.11. The summed E-state index contributed by atoms with van der Waals surface area (Å²) in [7, 11) is 0. The molecule has 0 radical (unpaired) electrons. The quantitative estimate of drug-likeness (QED) is 0.767. The standard InChI is InChI=1S/C11H12ClN5O/c12-8-4-2-1-3-7(8)5-9(13)11(18)15-10-6-14-17-16-10/h1-4,6,9H,5,13H2,(H2,14,15,16,17,18). The fraction of sp³-hybridized carbons (Fsp3) is 0.182. The average Bonchev–Trinajstić information content (AvgIpc) is 2.84. The molecule has 1 atom stereocenters. The molecule has 2 rings (SSSR count). The van der Waals surface area contributed by atoms with Gasteiger partial charge in [-0.1, -0.05) is 29.8 Å². The van der Waals surface area contributed by atoms with E-state index in [1.807, 2.05) is 18.2 Å². The summed E-state index contributed by atoms with van der Waals surface area (Å²) in [5, 5.41) is 12.8. The van der Waals surface area contributed by atoms with Crippen LogP contribution in [0.2, 0.25) is 5.02 Å². The lowest BCUT2D eigenvalue weighted by molar-refractivity contribution is -0.117. The van der Waals surface area contributed by atoms with Gasteiger partial charge in [0.25, 0.3) is 0 Å². The van der Waals surface area contributed by atoms with Crippen LogP contribution in [0.3, 0.4) is 0 Å². The number of carbonyl (C=O) groups is 1. The number of amides is 1. The van der Waals surface area contributed by atoms with Gasteiger partial charge in [0.2, 0.25) is 5.91 Å². The summed E-state index contributed by atoms with van der Waals surface area (Å²) < 4.78 is 0. The van der Waals surface area contributed by atoms with Gasteiger partial charge in [0, 0.05) is 5.02 Å². The third kappa shape index (κ3) is 3.06. The van der Waals surface area contributed by atoms with Crippen molar-refractivity contribution in [1.82, 2.24) is 15.4 Å². The predicted octanol–water partition coefficient (Wildman–Crippen LogP) is 0.967. The number of hydrogen-bond acceptors (Lipinski definition) is 4. The van der Waals surface area contributed by atoms with Gasteiger partial charge in [-0.2, -0.15) is 10.3 Å². The van der Waals surface area contributed by atoms with Crippen molar-refractivity contribution >= 4 is 23.3 Å². The van der Waals surface area contributed by atoms with Crippen LogP contribution < -0.4 is 11.1 Å². The molecule has 0 saturated heterocycles. The summed E-state index contributed by atoms with van der Waals surface area (Å²) in [6.45, 7) is 0. The molecule has 1 amide bonds. The Hall–Kier alpha value is -1.92. The van der Waals surface area contributed by atoms with Gasteiger partial charge in [-0.3, -0.25) is 4.79 Å². The Morgan fingerprint density at radius 3 is 2.94 bits per heavy atom. The van der Waals surface area contributed by atoms with E-state index < -0.39 is 6.04 Å². The maximum Gasteiger partial charge on any atom is 0.242 e. The molecular weight excluding hydrogens is 254 g/mol. The van der Waals surface area contributed by atoms with Crippen molar-refractivity contribution in [2.24, 2.45) is 5.73 Å². The number of nitrogens with one attached hydrogen (secondary N) is 2. The summed E-state index contributed by atoms with van der Waals surface area (Å²) in [6, 6.07) is 6.59. The van der Waals surface area contributed by atoms with Crippen LogP contribution in [0, 0.1) is 0 Å². The Labute approximate surface area is 109 Å². The van der Waals surface area contributed by atoms with E-state index in [4.69, 9.17) is 17.3 Å². The fourth-order valence-corrected chi connectivity index (χ4v) is 1.69. The van der Waals surface area contributed by atoms with Crippen LogP contribution in [-0.4, -0.2) is 27.4 Å². The molecule has 1 heterocycles. The van der Waals surface area contributed by atoms with E-state index in [-0.39, 0.29) is 5.91 Å². The minimum atomic E-state index is -0.693. The topological polar surface area (TPSA) is 96.7 Å². The largest absolute Gasteiger partial charge is 0.320 e. The van der Waals surface area contributed by atoms with E-state index in [1.165, 1.54) is 6.20 Å². The van der Waals surface area contributed by atoms with Gasteiger partial charge < -0.3 is 11.1 Å². The average molecular weight is 266 g/mol. The number of nitrogens with zero attached hydrogens (tertiary/aromatic N) is 2. The van der Waals surface area contributed by atoms with E-state index in [9.17, 15) is 4.79 Å². The Bertz CT molecular complexity index is 528. The zero-order valence-electron chi connectivity index (χ0n) is 9.43. The summed E-state index contributed by atoms with van der Waals surface area (Å²) in [6.07, 6.45) is 1.77. The Morgan fingerprint density at radius 1 is 1.50 bits per heavy atom. The highest BCUT2D eigenvalue weighted by atomic mass is 35.5. The zero-order chi connectivity index (χ0) is 13.0. The summed E-state index contributed by atoms with van der Waals surface area (Å²) in [4.78, 5) is 11.8. The lowest BCUT2D eigenvalue weighted by atomic mass is 10.1. The van der Waals surface area contributed by atoms with Crippen LogP contribution in [0.1, 0.15) is 5.56 Å². The molecule has 7 heteroatoms. The van der Waals surface area contributed by atoms with E-state index in [0.717, 1.165) is 5.56 Å². The molecule has 0 bridgehead atoms. The van der Waals surface area contributed by atoms with Gasteiger partial charge in [-0.05, 0) is 18.1 Å². The molecule has 1 aromatic heterocycles. The van der Waals surface area contributed by atoms with Crippen molar-refractivity contribution in [3.63, 3.8) is 0 Å². The summed E-state index contributed by atoms with van der Waals surface area (Å²) >= 11 is 6.00. The number of nitrogens with two attached hydrogens (primary N) is 1. The molecule has 94 valence electrons. The Morgan fingerprint density at radius 2 is 2.28 bits per heavy atom. The molecule has 0 fully saturated rings. The third-order valence-corrected chi connectivity index (χ3v) is 2.77. The van der Waals surface area contributed by atoms with Crippen molar-refractivity contribution in [3.8, 4) is 0 Å². The van der Waals surface area contributed by atoms with Crippen molar-refractivity contribution in [1.29, 1.82) is 0 Å². The minimum absolute atomic E-state index is 0.330. The molecule has 1 aromatic carbocycles. The van der Waals surface area contributed by atoms with E-state index in [0.29, 0.717) is 17.3 Å². The van der Waals surface area contributed by atoms with Crippen molar-refractivity contribution in [2.75, 3.05) is 5.32 Å². The number of carbonyl (C=O) groups excluding carboxylic acids is 1. The molecule has 6 nitrogen and oxygen atoms in total. The normalized spacial score (nSPS) is 12.1. The molecule has 2 aromatic rings. The van der Waals surface area contributed by atoms with Crippen LogP contribution in [0.4, 0.5) is 5.82 Å². The van der Waals surface area contributed by atoms with Crippen molar-refractivity contribution < 1.29 is 4.79 Å². The second-order valence-electron chi connectivity index (χ2n) is 3.75. The minimum Gasteiger partial charge on any atom is -0.320 e. The van der Waals surface area contributed by atoms with Crippen LogP contribution >= 0.6 is 11.6 Å². The number of hydrogen-bond donors (Lipinski definition) is 3. The fourth-order valence-electron chi connectivity index (χ4n) is 1.47. The molecule has 0 spiro atoms. The second-order valence-corrected chi connectivity index (χ2v) is 4.15. The monoisotopic (exact) mass is 265 g/mol. The highest BCUT2D eigenvalue weighted by molar-refractivity contribution is 6.31. The highest BCUT2D eigenvalue weighted by Gasteiger charge is 2.16. The number of aromatic nitrogens is 3. The predicted molar refractivity (Wildman–Crippen MR) is 68.1 cm³/mol. The first kappa shape index (κ1) is 12.5. The molecule has 0 aliphatic heterocycles. The van der Waals surface area contributed by atoms with Crippen molar-refractivity contribution in [2.45, 2.75) is 12.5 Å². The number of halogens is 1. The van der Waals surface area contributed by atoms with Gasteiger partial charge in [0.15, 0.2) is 5.82 Å². The van der Waals surface area contributed by atoms with Gasteiger partial charge in [0.05, 0.1) is 12.2 Å². The van der Waals surface area contributed by atoms with E-state index in [1.54, 1.807) is 6.07 Å². The molecule has 0 aliphatic carbocycles. The maximum atomic E-state index is 11.8. The number of benzene rings is 1. The molecule has 1 unspecified atom stereocenters. The van der Waals surface area contributed by atoms with E-state index >= 15 is 0 Å². The Balaban J connectivity index is 1.97. The number of H-pyrrole nitrogens is 1. The maximum absolute atomic E-state index is 11.8. The van der Waals surface area contributed by atoms with Gasteiger partial charge >= 0.3 is 0 Å². The first-order valence-electron chi connectivity index (χ1n) is 5.32. The van der Waals surface area contributed by atoms with Gasteiger partial charge in [-0.25, -0.2) is 0 Å². The van der Waals surface area contributed by atoms with Crippen LogP contribution in [0.15, 0.2) is 30.5 Å². The summed E-state index contributed by atoms with van der Waals surface area (Å²) in [5.41, 5.74) is 6.64. The van der Waals surface area contributed by atoms with Crippen molar-refractivity contribution in [3.05, 3.63) is 41.0 Å². The molecule has 4 N–H and O–H groups in total. The zero-order valence-corrected chi connectivity index (χ0v) is 10.2. The third-order valence-electron chi connectivity index (χ3n) is 2.40. The lowest BCUT2D eigenvalue weighted by Crippen LogP contribution is -2.37. The number of aromatic amines is 1.